The number of hydrogen-bond acceptors (Lipinski definition) is 1. The SMILES string of the molecule is Cn1cc2c3c(cccc31)CN(C(=O)Nc1ccc(F)c(Cl)c1)CC2. The minimum absolute atomic E-state index is 0.00804. The smallest absolute Gasteiger partial charge is 0.322 e. The third-order valence-corrected chi connectivity index (χ3v) is 4.94. The van der Waals surface area contributed by atoms with E-state index in [9.17, 15) is 9.18 Å². The molecule has 0 aliphatic carbocycles. The van der Waals surface area contributed by atoms with Crippen LogP contribution in [0.1, 0.15) is 11.1 Å². The molecule has 2 aromatic carbocycles. The Balaban J connectivity index is 1.59. The van der Waals surface area contributed by atoms with E-state index in [1.165, 1.54) is 34.7 Å². The normalized spacial score (nSPS) is 13.8. The van der Waals surface area contributed by atoms with Gasteiger partial charge in [-0.3, -0.25) is 0 Å². The van der Waals surface area contributed by atoms with Gasteiger partial charge in [-0.2, -0.15) is 0 Å². The lowest BCUT2D eigenvalue weighted by Gasteiger charge is -2.22. The van der Waals surface area contributed by atoms with Gasteiger partial charge in [0.15, 0.2) is 0 Å². The Kier molecular flexibility index (Phi) is 3.88. The number of anilines is 1. The molecule has 0 fully saturated rings. The second-order valence-corrected chi connectivity index (χ2v) is 6.71. The molecule has 1 N–H and O–H groups in total. The van der Waals surface area contributed by atoms with Crippen molar-refractivity contribution < 1.29 is 9.18 Å². The quantitative estimate of drug-likeness (QED) is 0.681. The number of carbonyl (C=O) groups is 1. The van der Waals surface area contributed by atoms with Gasteiger partial charge in [-0.25, -0.2) is 9.18 Å². The van der Waals surface area contributed by atoms with Crippen molar-refractivity contribution in [2.24, 2.45) is 7.05 Å². The van der Waals surface area contributed by atoms with E-state index in [-0.39, 0.29) is 11.1 Å². The van der Waals surface area contributed by atoms with E-state index in [0.717, 1.165) is 12.0 Å². The molecule has 1 aliphatic rings. The first-order valence-corrected chi connectivity index (χ1v) is 8.47. The number of halogens is 2. The van der Waals surface area contributed by atoms with Crippen LogP contribution in [0, 0.1) is 5.82 Å². The molecule has 0 unspecified atom stereocenters. The summed E-state index contributed by atoms with van der Waals surface area (Å²) in [6.45, 7) is 1.16. The van der Waals surface area contributed by atoms with Crippen molar-refractivity contribution in [3.63, 3.8) is 0 Å². The van der Waals surface area contributed by atoms with E-state index < -0.39 is 5.82 Å². The van der Waals surface area contributed by atoms with Gasteiger partial charge in [-0.15, -0.1) is 0 Å². The molecule has 4 nitrogen and oxygen atoms in total. The predicted molar refractivity (Wildman–Crippen MR) is 97.5 cm³/mol. The van der Waals surface area contributed by atoms with E-state index >= 15 is 0 Å². The van der Waals surface area contributed by atoms with E-state index in [4.69, 9.17) is 11.6 Å². The van der Waals surface area contributed by atoms with Gasteiger partial charge in [0.25, 0.3) is 0 Å². The lowest BCUT2D eigenvalue weighted by molar-refractivity contribution is 0.210. The Morgan fingerprint density at radius 2 is 2.08 bits per heavy atom. The van der Waals surface area contributed by atoms with Crippen LogP contribution in [-0.2, 0) is 20.0 Å². The number of amides is 2. The van der Waals surface area contributed by atoms with Crippen LogP contribution in [0.25, 0.3) is 10.9 Å². The van der Waals surface area contributed by atoms with Crippen molar-refractivity contribution in [2.75, 3.05) is 11.9 Å². The van der Waals surface area contributed by atoms with Gasteiger partial charge >= 0.3 is 6.03 Å². The molecule has 1 aromatic heterocycles. The first-order valence-electron chi connectivity index (χ1n) is 8.10. The minimum Gasteiger partial charge on any atom is -0.350 e. The number of hydrogen-bond donors (Lipinski definition) is 1. The average Bonchev–Trinajstić information content (AvgIpc) is 2.80. The topological polar surface area (TPSA) is 37.3 Å². The Bertz CT molecular complexity index is 982. The Labute approximate surface area is 149 Å². The standard InChI is InChI=1S/C19H17ClFN3O/c1-23-10-13-7-8-24(11-12-3-2-4-17(23)18(12)13)19(25)22-14-5-6-16(21)15(20)9-14/h2-6,9-10H,7-8,11H2,1H3,(H,22,25). The summed E-state index contributed by atoms with van der Waals surface area (Å²) in [7, 11) is 2.04. The second-order valence-electron chi connectivity index (χ2n) is 6.31. The van der Waals surface area contributed by atoms with Crippen LogP contribution in [0.4, 0.5) is 14.9 Å². The van der Waals surface area contributed by atoms with E-state index in [1.54, 1.807) is 4.90 Å². The maximum atomic E-state index is 13.3. The van der Waals surface area contributed by atoms with E-state index in [2.05, 4.69) is 28.2 Å². The van der Waals surface area contributed by atoms with Crippen molar-refractivity contribution >= 4 is 34.2 Å². The van der Waals surface area contributed by atoms with E-state index in [0.29, 0.717) is 18.8 Å². The molecule has 0 atom stereocenters. The minimum atomic E-state index is -0.503. The summed E-state index contributed by atoms with van der Waals surface area (Å²) in [4.78, 5) is 14.4. The molecule has 1 aliphatic heterocycles. The first kappa shape index (κ1) is 16.0. The Hall–Kier alpha value is -2.53. The van der Waals surface area contributed by atoms with Crippen LogP contribution in [0.2, 0.25) is 5.02 Å². The highest BCUT2D eigenvalue weighted by molar-refractivity contribution is 6.31. The number of aromatic nitrogens is 1. The number of rotatable bonds is 1. The lowest BCUT2D eigenvalue weighted by atomic mass is 10.1. The monoisotopic (exact) mass is 357 g/mol. The average molecular weight is 358 g/mol. The van der Waals surface area contributed by atoms with Gasteiger partial charge in [0.2, 0.25) is 0 Å². The van der Waals surface area contributed by atoms with Crippen LogP contribution in [0.3, 0.4) is 0 Å². The van der Waals surface area contributed by atoms with Gasteiger partial charge in [-0.05, 0) is 41.8 Å². The first-order chi connectivity index (χ1) is 12.0. The summed E-state index contributed by atoms with van der Waals surface area (Å²) in [6.07, 6.45) is 2.93. The van der Waals surface area contributed by atoms with Crippen molar-refractivity contribution in [3.05, 3.63) is 64.6 Å². The zero-order valence-electron chi connectivity index (χ0n) is 13.7. The van der Waals surface area contributed by atoms with Gasteiger partial charge in [0.05, 0.1) is 5.02 Å². The zero-order chi connectivity index (χ0) is 17.6. The third-order valence-electron chi connectivity index (χ3n) is 4.65. The summed E-state index contributed by atoms with van der Waals surface area (Å²) in [5.41, 5.74) is 4.06. The molecule has 0 bridgehead atoms. The summed E-state index contributed by atoms with van der Waals surface area (Å²) >= 11 is 5.78. The zero-order valence-corrected chi connectivity index (χ0v) is 14.5. The fraction of sp³-hybridized carbons (Fsp3) is 0.211. The fourth-order valence-electron chi connectivity index (χ4n) is 3.43. The molecule has 128 valence electrons. The molecule has 4 rings (SSSR count). The highest BCUT2D eigenvalue weighted by Crippen LogP contribution is 2.29. The molecule has 25 heavy (non-hydrogen) atoms. The van der Waals surface area contributed by atoms with Crippen molar-refractivity contribution in [3.8, 4) is 0 Å². The van der Waals surface area contributed by atoms with Gasteiger partial charge in [-0.1, -0.05) is 23.7 Å². The predicted octanol–water partition coefficient (Wildman–Crippen LogP) is 4.56. The molecule has 2 heterocycles. The molecular weight excluding hydrogens is 341 g/mol. The number of carbonyl (C=O) groups excluding carboxylic acids is 1. The maximum absolute atomic E-state index is 13.3. The van der Waals surface area contributed by atoms with Crippen LogP contribution in [-0.4, -0.2) is 22.0 Å². The van der Waals surface area contributed by atoms with Gasteiger partial charge in [0.1, 0.15) is 5.82 Å². The molecule has 0 spiro atoms. The van der Waals surface area contributed by atoms with Crippen molar-refractivity contribution in [2.45, 2.75) is 13.0 Å². The summed E-state index contributed by atoms with van der Waals surface area (Å²) in [5.74, 6) is -0.503. The van der Waals surface area contributed by atoms with Crippen molar-refractivity contribution in [1.29, 1.82) is 0 Å². The fourth-order valence-corrected chi connectivity index (χ4v) is 3.61. The summed E-state index contributed by atoms with van der Waals surface area (Å²) < 4.78 is 15.4. The number of nitrogens with zero attached hydrogens (tertiary/aromatic N) is 2. The van der Waals surface area contributed by atoms with Gasteiger partial charge in [0, 0.05) is 42.9 Å². The Morgan fingerprint density at radius 1 is 1.24 bits per heavy atom. The number of aryl methyl sites for hydroxylation is 1. The highest BCUT2D eigenvalue weighted by atomic mass is 35.5. The Morgan fingerprint density at radius 3 is 2.88 bits per heavy atom. The van der Waals surface area contributed by atoms with Gasteiger partial charge < -0.3 is 14.8 Å². The molecule has 0 saturated carbocycles. The van der Waals surface area contributed by atoms with Crippen LogP contribution >= 0.6 is 11.6 Å². The summed E-state index contributed by atoms with van der Waals surface area (Å²) in [5, 5.41) is 4.03. The number of urea groups is 1. The summed E-state index contributed by atoms with van der Waals surface area (Å²) in [6, 6.07) is 10.1. The third kappa shape index (κ3) is 2.85. The molecule has 6 heteroatoms. The molecule has 0 radical (unpaired) electrons. The maximum Gasteiger partial charge on any atom is 0.322 e. The number of nitrogens with one attached hydrogen (secondary N) is 1. The molecule has 0 saturated heterocycles. The second kappa shape index (κ2) is 6.08. The molecular formula is C19H17ClFN3O. The van der Waals surface area contributed by atoms with E-state index in [1.807, 2.05) is 13.1 Å². The lowest BCUT2D eigenvalue weighted by Crippen LogP contribution is -2.35. The largest absolute Gasteiger partial charge is 0.350 e. The van der Waals surface area contributed by atoms with Crippen LogP contribution < -0.4 is 5.32 Å². The van der Waals surface area contributed by atoms with Crippen molar-refractivity contribution in [1.82, 2.24) is 9.47 Å². The van der Waals surface area contributed by atoms with Crippen LogP contribution in [0.15, 0.2) is 42.6 Å². The number of benzene rings is 2. The molecule has 3 aromatic rings. The molecule has 2 amide bonds. The highest BCUT2D eigenvalue weighted by Gasteiger charge is 2.22. The van der Waals surface area contributed by atoms with Crippen LogP contribution in [0.5, 0.6) is 0 Å².